The number of guanidine groups is 1. The summed E-state index contributed by atoms with van der Waals surface area (Å²) >= 11 is 0. The minimum atomic E-state index is 0.306. The van der Waals surface area contributed by atoms with Crippen LogP contribution in [0.25, 0.3) is 0 Å². The smallest absolute Gasteiger partial charge is 0.193 e. The molecule has 0 saturated heterocycles. The van der Waals surface area contributed by atoms with E-state index in [0.717, 1.165) is 38.2 Å². The van der Waals surface area contributed by atoms with E-state index in [1.165, 1.54) is 31.2 Å². The molecule has 0 bridgehead atoms. The maximum Gasteiger partial charge on any atom is 0.193 e. The van der Waals surface area contributed by atoms with Gasteiger partial charge in [0.2, 0.25) is 0 Å². The number of likely N-dealkylation sites (N-methyl/N-ethyl adjacent to an activating group) is 1. The summed E-state index contributed by atoms with van der Waals surface area (Å²) in [7, 11) is 3.93. The van der Waals surface area contributed by atoms with Crippen molar-refractivity contribution in [1.82, 2.24) is 10.2 Å². The highest BCUT2D eigenvalue weighted by molar-refractivity contribution is 5.79. The highest BCUT2D eigenvalue weighted by Gasteiger charge is 2.44. The molecule has 2 aliphatic carbocycles. The molecule has 4 heteroatoms. The van der Waals surface area contributed by atoms with E-state index in [1.54, 1.807) is 0 Å². The van der Waals surface area contributed by atoms with Crippen molar-refractivity contribution in [3.05, 3.63) is 35.9 Å². The topological polar surface area (TPSA) is 36.9 Å². The van der Waals surface area contributed by atoms with E-state index >= 15 is 0 Å². The van der Waals surface area contributed by atoms with Crippen LogP contribution in [0.4, 0.5) is 0 Å². The van der Waals surface area contributed by atoms with Crippen molar-refractivity contribution in [2.75, 3.05) is 40.4 Å². The van der Waals surface area contributed by atoms with Crippen LogP contribution in [0.1, 0.15) is 31.2 Å². The van der Waals surface area contributed by atoms with Crippen LogP contribution in [0.2, 0.25) is 0 Å². The van der Waals surface area contributed by atoms with Gasteiger partial charge in [0.05, 0.1) is 6.61 Å². The Labute approximate surface area is 139 Å². The summed E-state index contributed by atoms with van der Waals surface area (Å²) in [5, 5.41) is 3.55. The highest BCUT2D eigenvalue weighted by atomic mass is 16.5. The fourth-order valence-electron chi connectivity index (χ4n) is 2.98. The lowest BCUT2D eigenvalue weighted by atomic mass is 9.96. The van der Waals surface area contributed by atoms with E-state index in [9.17, 15) is 0 Å². The first-order chi connectivity index (χ1) is 11.2. The summed E-state index contributed by atoms with van der Waals surface area (Å²) in [4.78, 5) is 6.58. The molecule has 1 N–H and O–H groups in total. The standard InChI is InChI=1S/C19H29N3O/c1-20-18(22(2)12-13-23-14-16-8-9-16)21-15-19(10-11-19)17-6-4-3-5-7-17/h3-7,16H,8-15H2,1-2H3,(H,20,21). The predicted molar refractivity (Wildman–Crippen MR) is 94.9 cm³/mol. The van der Waals surface area contributed by atoms with Crippen LogP contribution >= 0.6 is 0 Å². The van der Waals surface area contributed by atoms with Gasteiger partial charge in [-0.05, 0) is 37.2 Å². The minimum Gasteiger partial charge on any atom is -0.379 e. The van der Waals surface area contributed by atoms with Crippen molar-refractivity contribution in [3.8, 4) is 0 Å². The number of benzene rings is 1. The first-order valence-corrected chi connectivity index (χ1v) is 8.78. The number of ether oxygens (including phenoxy) is 1. The van der Waals surface area contributed by atoms with E-state index in [4.69, 9.17) is 4.74 Å². The lowest BCUT2D eigenvalue weighted by molar-refractivity contribution is 0.115. The molecular formula is C19H29N3O. The van der Waals surface area contributed by atoms with Crippen molar-refractivity contribution >= 4 is 5.96 Å². The summed E-state index contributed by atoms with van der Waals surface area (Å²) in [5.41, 5.74) is 1.75. The zero-order valence-corrected chi connectivity index (χ0v) is 14.4. The number of hydrogen-bond acceptors (Lipinski definition) is 2. The molecule has 1 aromatic rings. The van der Waals surface area contributed by atoms with Gasteiger partial charge in [0.1, 0.15) is 0 Å². The second kappa shape index (κ2) is 7.35. The molecule has 0 spiro atoms. The van der Waals surface area contributed by atoms with Crippen LogP contribution in [0, 0.1) is 5.92 Å². The van der Waals surface area contributed by atoms with Gasteiger partial charge in [-0.2, -0.15) is 0 Å². The van der Waals surface area contributed by atoms with E-state index < -0.39 is 0 Å². The number of hydrogen-bond donors (Lipinski definition) is 1. The molecule has 2 fully saturated rings. The first kappa shape index (κ1) is 16.3. The molecule has 1 aromatic carbocycles. The molecule has 3 rings (SSSR count). The lowest BCUT2D eigenvalue weighted by Crippen LogP contribution is -2.43. The molecule has 0 atom stereocenters. The van der Waals surface area contributed by atoms with Gasteiger partial charge in [0, 0.05) is 39.2 Å². The molecule has 4 nitrogen and oxygen atoms in total. The molecule has 0 heterocycles. The average molecular weight is 315 g/mol. The molecule has 23 heavy (non-hydrogen) atoms. The summed E-state index contributed by atoms with van der Waals surface area (Å²) in [6.07, 6.45) is 5.21. The van der Waals surface area contributed by atoms with Gasteiger partial charge in [-0.1, -0.05) is 30.3 Å². The van der Waals surface area contributed by atoms with Crippen molar-refractivity contribution in [2.45, 2.75) is 31.1 Å². The summed E-state index contributed by atoms with van der Waals surface area (Å²) < 4.78 is 5.73. The van der Waals surface area contributed by atoms with E-state index in [2.05, 4.69) is 52.6 Å². The third-order valence-electron chi connectivity index (χ3n) is 5.02. The van der Waals surface area contributed by atoms with Crippen molar-refractivity contribution < 1.29 is 4.74 Å². The van der Waals surface area contributed by atoms with Crippen LogP contribution in [-0.4, -0.2) is 51.3 Å². The molecule has 0 aromatic heterocycles. The maximum atomic E-state index is 5.73. The largest absolute Gasteiger partial charge is 0.379 e. The van der Waals surface area contributed by atoms with Gasteiger partial charge in [0.15, 0.2) is 5.96 Å². The second-order valence-electron chi connectivity index (χ2n) is 6.99. The molecule has 0 amide bonds. The average Bonchev–Trinajstić information content (AvgIpc) is 3.48. The number of nitrogens with one attached hydrogen (secondary N) is 1. The first-order valence-electron chi connectivity index (χ1n) is 8.78. The van der Waals surface area contributed by atoms with Gasteiger partial charge < -0.3 is 15.0 Å². The monoisotopic (exact) mass is 315 g/mol. The molecule has 2 aliphatic rings. The van der Waals surface area contributed by atoms with E-state index in [-0.39, 0.29) is 0 Å². The maximum absolute atomic E-state index is 5.73. The molecule has 0 unspecified atom stereocenters. The molecule has 0 aliphatic heterocycles. The number of rotatable bonds is 8. The van der Waals surface area contributed by atoms with Gasteiger partial charge in [0.25, 0.3) is 0 Å². The van der Waals surface area contributed by atoms with Gasteiger partial charge in [-0.3, -0.25) is 4.99 Å². The Hall–Kier alpha value is -1.55. The SMILES string of the molecule is CN=C(NCC1(c2ccccc2)CC1)N(C)CCOCC1CC1. The predicted octanol–water partition coefficient (Wildman–Crippen LogP) is 2.65. The molecular weight excluding hydrogens is 286 g/mol. The molecule has 0 radical (unpaired) electrons. The third-order valence-corrected chi connectivity index (χ3v) is 5.02. The summed E-state index contributed by atoms with van der Waals surface area (Å²) in [6.45, 7) is 3.54. The van der Waals surface area contributed by atoms with E-state index in [0.29, 0.717) is 5.41 Å². The third kappa shape index (κ3) is 4.47. The zero-order chi connectivity index (χ0) is 16.1. The number of nitrogens with zero attached hydrogens (tertiary/aromatic N) is 2. The van der Waals surface area contributed by atoms with Crippen LogP contribution in [0.3, 0.4) is 0 Å². The number of aliphatic imine (C=N–C) groups is 1. The van der Waals surface area contributed by atoms with Crippen molar-refractivity contribution in [1.29, 1.82) is 0 Å². The summed E-state index contributed by atoms with van der Waals surface area (Å²) in [6, 6.07) is 10.8. The highest BCUT2D eigenvalue weighted by Crippen LogP contribution is 2.47. The van der Waals surface area contributed by atoms with Crippen LogP contribution < -0.4 is 5.32 Å². The Kier molecular flexibility index (Phi) is 5.21. The zero-order valence-electron chi connectivity index (χ0n) is 14.4. The van der Waals surface area contributed by atoms with Crippen molar-refractivity contribution in [3.63, 3.8) is 0 Å². The Morgan fingerprint density at radius 2 is 2.04 bits per heavy atom. The molecule has 126 valence electrons. The fraction of sp³-hybridized carbons (Fsp3) is 0.632. The van der Waals surface area contributed by atoms with Gasteiger partial charge >= 0.3 is 0 Å². The lowest BCUT2D eigenvalue weighted by Gasteiger charge is -2.25. The van der Waals surface area contributed by atoms with Gasteiger partial charge in [-0.15, -0.1) is 0 Å². The Balaban J connectivity index is 1.43. The van der Waals surface area contributed by atoms with Gasteiger partial charge in [-0.25, -0.2) is 0 Å². The second-order valence-corrected chi connectivity index (χ2v) is 6.99. The fourth-order valence-corrected chi connectivity index (χ4v) is 2.98. The van der Waals surface area contributed by atoms with E-state index in [1.807, 2.05) is 7.05 Å². The van der Waals surface area contributed by atoms with Crippen LogP contribution in [0.5, 0.6) is 0 Å². The van der Waals surface area contributed by atoms with Crippen molar-refractivity contribution in [2.24, 2.45) is 10.9 Å². The molecule has 2 saturated carbocycles. The summed E-state index contributed by atoms with van der Waals surface area (Å²) in [5.74, 6) is 1.79. The Bertz CT molecular complexity index is 521. The normalized spacial score (nSPS) is 19.5. The van der Waals surface area contributed by atoms with Crippen LogP contribution in [-0.2, 0) is 10.2 Å². The van der Waals surface area contributed by atoms with Crippen LogP contribution in [0.15, 0.2) is 35.3 Å². The quantitative estimate of drug-likeness (QED) is 0.455. The Morgan fingerprint density at radius 1 is 1.30 bits per heavy atom. The minimum absolute atomic E-state index is 0.306. The Morgan fingerprint density at radius 3 is 2.65 bits per heavy atom.